The van der Waals surface area contributed by atoms with E-state index in [1.165, 1.54) is 0 Å². The first-order valence-electron chi connectivity index (χ1n) is 7.14. The standard InChI is InChI=1S/C16H25BrN2O2/c1-13-6-7-14(15(17)12-13)16(20)19(10-11-21-4)9-5-8-18(2)3/h6-7,12H,5,8-11H2,1-4H3. The lowest BCUT2D eigenvalue weighted by Gasteiger charge is -2.24. The Balaban J connectivity index is 2.77. The van der Waals surface area contributed by atoms with Crippen molar-refractivity contribution in [3.05, 3.63) is 33.8 Å². The Morgan fingerprint density at radius 3 is 2.52 bits per heavy atom. The number of methoxy groups -OCH3 is 1. The van der Waals surface area contributed by atoms with Gasteiger partial charge in [-0.1, -0.05) is 6.07 Å². The van der Waals surface area contributed by atoms with E-state index in [9.17, 15) is 4.79 Å². The zero-order valence-electron chi connectivity index (χ0n) is 13.4. The summed E-state index contributed by atoms with van der Waals surface area (Å²) in [4.78, 5) is 16.7. The Labute approximate surface area is 136 Å². The van der Waals surface area contributed by atoms with Gasteiger partial charge in [0.15, 0.2) is 0 Å². The maximum Gasteiger partial charge on any atom is 0.255 e. The third kappa shape index (κ3) is 6.16. The molecule has 0 aliphatic carbocycles. The van der Waals surface area contributed by atoms with Gasteiger partial charge in [-0.2, -0.15) is 0 Å². The van der Waals surface area contributed by atoms with Gasteiger partial charge in [-0.25, -0.2) is 0 Å². The molecule has 118 valence electrons. The number of carbonyl (C=O) groups is 1. The number of halogens is 1. The van der Waals surface area contributed by atoms with Gasteiger partial charge in [0.25, 0.3) is 5.91 Å². The van der Waals surface area contributed by atoms with Crippen molar-refractivity contribution in [1.29, 1.82) is 0 Å². The minimum atomic E-state index is 0.0534. The number of ether oxygens (including phenoxy) is 1. The van der Waals surface area contributed by atoms with Gasteiger partial charge in [-0.3, -0.25) is 4.79 Å². The fourth-order valence-electron chi connectivity index (χ4n) is 2.06. The summed E-state index contributed by atoms with van der Waals surface area (Å²) in [6.07, 6.45) is 0.950. The first kappa shape index (κ1) is 18.1. The molecule has 0 aromatic heterocycles. The second-order valence-corrected chi connectivity index (χ2v) is 6.28. The lowest BCUT2D eigenvalue weighted by atomic mass is 10.1. The van der Waals surface area contributed by atoms with Crippen molar-refractivity contribution >= 4 is 21.8 Å². The van der Waals surface area contributed by atoms with Gasteiger partial charge in [-0.05, 0) is 67.6 Å². The third-order valence-electron chi connectivity index (χ3n) is 3.24. The molecule has 0 aliphatic heterocycles. The fourth-order valence-corrected chi connectivity index (χ4v) is 2.72. The Kier molecular flexibility index (Phi) is 7.93. The average molecular weight is 357 g/mol. The second-order valence-electron chi connectivity index (χ2n) is 5.43. The van der Waals surface area contributed by atoms with E-state index < -0.39 is 0 Å². The van der Waals surface area contributed by atoms with Crippen LogP contribution >= 0.6 is 15.9 Å². The SMILES string of the molecule is COCCN(CCCN(C)C)C(=O)c1ccc(C)cc1Br. The topological polar surface area (TPSA) is 32.8 Å². The number of hydrogen-bond donors (Lipinski definition) is 0. The van der Waals surface area contributed by atoms with E-state index in [2.05, 4.69) is 20.8 Å². The van der Waals surface area contributed by atoms with E-state index >= 15 is 0 Å². The van der Waals surface area contributed by atoms with Gasteiger partial charge in [0, 0.05) is 24.7 Å². The molecule has 0 bridgehead atoms. The summed E-state index contributed by atoms with van der Waals surface area (Å²) >= 11 is 3.49. The van der Waals surface area contributed by atoms with Crippen LogP contribution in [0.5, 0.6) is 0 Å². The van der Waals surface area contributed by atoms with Crippen LogP contribution in [-0.4, -0.2) is 63.2 Å². The molecule has 0 fully saturated rings. The van der Waals surface area contributed by atoms with E-state index in [-0.39, 0.29) is 5.91 Å². The van der Waals surface area contributed by atoms with Crippen molar-refractivity contribution in [2.45, 2.75) is 13.3 Å². The van der Waals surface area contributed by atoms with Crippen molar-refractivity contribution in [3.63, 3.8) is 0 Å². The monoisotopic (exact) mass is 356 g/mol. The molecular formula is C16H25BrN2O2. The van der Waals surface area contributed by atoms with E-state index in [4.69, 9.17) is 4.74 Å². The molecule has 0 spiro atoms. The van der Waals surface area contributed by atoms with Gasteiger partial charge >= 0.3 is 0 Å². The van der Waals surface area contributed by atoms with Crippen LogP contribution in [-0.2, 0) is 4.74 Å². The Hall–Kier alpha value is -0.910. The summed E-state index contributed by atoms with van der Waals surface area (Å²) in [5, 5.41) is 0. The molecule has 1 amide bonds. The third-order valence-corrected chi connectivity index (χ3v) is 3.90. The second kappa shape index (κ2) is 9.18. The van der Waals surface area contributed by atoms with E-state index in [1.807, 2.05) is 44.1 Å². The smallest absolute Gasteiger partial charge is 0.255 e. The molecule has 0 saturated heterocycles. The summed E-state index contributed by atoms with van der Waals surface area (Å²) in [7, 11) is 5.74. The molecule has 0 unspecified atom stereocenters. The number of benzene rings is 1. The average Bonchev–Trinajstić information content (AvgIpc) is 2.41. The Morgan fingerprint density at radius 2 is 1.95 bits per heavy atom. The number of rotatable bonds is 8. The van der Waals surface area contributed by atoms with Crippen LogP contribution in [0, 0.1) is 6.92 Å². The van der Waals surface area contributed by atoms with E-state index in [1.54, 1.807) is 7.11 Å². The summed E-state index contributed by atoms with van der Waals surface area (Å²) in [6, 6.07) is 5.82. The Morgan fingerprint density at radius 1 is 1.24 bits per heavy atom. The van der Waals surface area contributed by atoms with Crippen LogP contribution in [0.3, 0.4) is 0 Å². The molecule has 1 rings (SSSR count). The minimum Gasteiger partial charge on any atom is -0.383 e. The number of carbonyl (C=O) groups excluding carboxylic acids is 1. The van der Waals surface area contributed by atoms with E-state index in [0.717, 1.165) is 29.5 Å². The van der Waals surface area contributed by atoms with Crippen LogP contribution in [0.4, 0.5) is 0 Å². The number of amides is 1. The highest BCUT2D eigenvalue weighted by atomic mass is 79.9. The molecule has 1 aromatic carbocycles. The molecule has 0 atom stereocenters. The molecular weight excluding hydrogens is 332 g/mol. The molecule has 0 radical (unpaired) electrons. The van der Waals surface area contributed by atoms with Gasteiger partial charge in [0.1, 0.15) is 0 Å². The lowest BCUT2D eigenvalue weighted by Crippen LogP contribution is -2.36. The highest BCUT2D eigenvalue weighted by Gasteiger charge is 2.17. The molecule has 5 heteroatoms. The van der Waals surface area contributed by atoms with Crippen molar-refractivity contribution in [3.8, 4) is 0 Å². The molecule has 0 aliphatic rings. The van der Waals surface area contributed by atoms with E-state index in [0.29, 0.717) is 18.7 Å². The van der Waals surface area contributed by atoms with Crippen LogP contribution in [0.2, 0.25) is 0 Å². The van der Waals surface area contributed by atoms with Crippen molar-refractivity contribution in [2.75, 3.05) is 47.4 Å². The molecule has 0 saturated carbocycles. The Bertz CT molecular complexity index is 464. The zero-order chi connectivity index (χ0) is 15.8. The predicted octanol–water partition coefficient (Wildman–Crippen LogP) is 2.80. The van der Waals surface area contributed by atoms with Gasteiger partial charge in [0.2, 0.25) is 0 Å². The fraction of sp³-hybridized carbons (Fsp3) is 0.562. The predicted molar refractivity (Wildman–Crippen MR) is 89.8 cm³/mol. The van der Waals surface area contributed by atoms with Crippen molar-refractivity contribution in [2.24, 2.45) is 0 Å². The summed E-state index contributed by atoms with van der Waals surface area (Å²) in [5.74, 6) is 0.0534. The molecule has 21 heavy (non-hydrogen) atoms. The maximum absolute atomic E-state index is 12.7. The molecule has 0 heterocycles. The lowest BCUT2D eigenvalue weighted by molar-refractivity contribution is 0.0688. The largest absolute Gasteiger partial charge is 0.383 e. The summed E-state index contributed by atoms with van der Waals surface area (Å²) in [6.45, 7) is 4.88. The summed E-state index contributed by atoms with van der Waals surface area (Å²) in [5.41, 5.74) is 1.84. The number of hydrogen-bond acceptors (Lipinski definition) is 3. The van der Waals surface area contributed by atoms with Crippen LogP contribution < -0.4 is 0 Å². The molecule has 1 aromatic rings. The normalized spacial score (nSPS) is 11.0. The first-order chi connectivity index (χ1) is 9.95. The maximum atomic E-state index is 12.7. The van der Waals surface area contributed by atoms with Crippen molar-refractivity contribution < 1.29 is 9.53 Å². The molecule has 4 nitrogen and oxygen atoms in total. The minimum absolute atomic E-state index is 0.0534. The van der Waals surface area contributed by atoms with Gasteiger partial charge < -0.3 is 14.5 Å². The highest BCUT2D eigenvalue weighted by Crippen LogP contribution is 2.20. The van der Waals surface area contributed by atoms with Crippen molar-refractivity contribution in [1.82, 2.24) is 9.80 Å². The quantitative estimate of drug-likeness (QED) is 0.717. The zero-order valence-corrected chi connectivity index (χ0v) is 14.9. The van der Waals surface area contributed by atoms with Gasteiger partial charge in [0.05, 0.1) is 12.2 Å². The number of aryl methyl sites for hydroxylation is 1. The van der Waals surface area contributed by atoms with Crippen LogP contribution in [0.15, 0.2) is 22.7 Å². The summed E-state index contributed by atoms with van der Waals surface area (Å²) < 4.78 is 5.97. The van der Waals surface area contributed by atoms with Crippen LogP contribution in [0.25, 0.3) is 0 Å². The molecule has 0 N–H and O–H groups in total. The van der Waals surface area contributed by atoms with Crippen LogP contribution in [0.1, 0.15) is 22.3 Å². The first-order valence-corrected chi connectivity index (χ1v) is 7.94. The van der Waals surface area contributed by atoms with Gasteiger partial charge in [-0.15, -0.1) is 0 Å². The number of nitrogens with zero attached hydrogens (tertiary/aromatic N) is 2. The highest BCUT2D eigenvalue weighted by molar-refractivity contribution is 9.10.